The Hall–Kier alpha value is -2.68. The van der Waals surface area contributed by atoms with Crippen LogP contribution in [0.15, 0.2) is 63.5 Å². The number of nitrogens with zero attached hydrogens (tertiary/aromatic N) is 3. The van der Waals surface area contributed by atoms with Gasteiger partial charge in [0.1, 0.15) is 12.0 Å². The topological polar surface area (TPSA) is 74.9 Å². The van der Waals surface area contributed by atoms with Crippen molar-refractivity contribution in [2.24, 2.45) is 4.99 Å². The summed E-state index contributed by atoms with van der Waals surface area (Å²) in [6.45, 7) is 7.55. The molecule has 0 bridgehead atoms. The first kappa shape index (κ1) is 21.5. The third kappa shape index (κ3) is 5.94. The number of oxazole rings is 1. The Labute approximate surface area is 187 Å². The Morgan fingerprint density at radius 1 is 1.16 bits per heavy atom. The molecule has 31 heavy (non-hydrogen) atoms. The molecule has 1 aliphatic rings. The molecule has 1 aromatic carbocycles. The Bertz CT molecular complexity index is 936. The average molecular weight is 440 g/mol. The molecule has 0 spiro atoms. The molecule has 3 aromatic rings. The van der Waals surface area contributed by atoms with Crippen LogP contribution in [0.4, 0.5) is 0 Å². The Morgan fingerprint density at radius 2 is 2.00 bits per heavy atom. The van der Waals surface area contributed by atoms with E-state index >= 15 is 0 Å². The maximum atomic E-state index is 5.63. The first-order chi connectivity index (χ1) is 15.3. The van der Waals surface area contributed by atoms with Crippen molar-refractivity contribution in [3.63, 3.8) is 0 Å². The largest absolute Gasteiger partial charge is 0.444 e. The molecule has 2 aromatic heterocycles. The lowest BCUT2D eigenvalue weighted by Crippen LogP contribution is -2.46. The van der Waals surface area contributed by atoms with Crippen LogP contribution >= 0.6 is 11.3 Å². The third-order valence-corrected chi connectivity index (χ3v) is 6.11. The van der Waals surface area contributed by atoms with E-state index in [1.807, 2.05) is 30.3 Å². The van der Waals surface area contributed by atoms with Crippen LogP contribution in [0.1, 0.15) is 23.5 Å². The predicted octanol–water partition coefficient (Wildman–Crippen LogP) is 3.53. The van der Waals surface area contributed by atoms with Crippen molar-refractivity contribution in [1.29, 1.82) is 0 Å². The molecule has 164 valence electrons. The van der Waals surface area contributed by atoms with Crippen LogP contribution < -0.4 is 10.6 Å². The van der Waals surface area contributed by atoms with Gasteiger partial charge in [-0.15, -0.1) is 11.3 Å². The zero-order valence-corrected chi connectivity index (χ0v) is 18.6. The molecule has 4 rings (SSSR count). The molecular weight excluding hydrogens is 410 g/mol. The molecular formula is C23H29N5O2S. The number of nitrogens with one attached hydrogen (secondary N) is 2. The summed E-state index contributed by atoms with van der Waals surface area (Å²) in [6, 6.07) is 14.5. The Kier molecular flexibility index (Phi) is 7.71. The van der Waals surface area contributed by atoms with E-state index in [4.69, 9.17) is 14.1 Å². The number of morpholine rings is 1. The zero-order chi connectivity index (χ0) is 21.3. The maximum Gasteiger partial charge on any atom is 0.226 e. The van der Waals surface area contributed by atoms with Crippen molar-refractivity contribution >= 4 is 17.3 Å². The summed E-state index contributed by atoms with van der Waals surface area (Å²) in [4.78, 5) is 13.1. The molecule has 1 atom stereocenters. The number of guanidine groups is 1. The van der Waals surface area contributed by atoms with Gasteiger partial charge in [0.15, 0.2) is 5.96 Å². The van der Waals surface area contributed by atoms with Gasteiger partial charge in [0.25, 0.3) is 0 Å². The second kappa shape index (κ2) is 11.1. The minimum Gasteiger partial charge on any atom is -0.444 e. The van der Waals surface area contributed by atoms with Crippen molar-refractivity contribution in [2.75, 3.05) is 39.4 Å². The molecule has 0 saturated carbocycles. The lowest BCUT2D eigenvalue weighted by Gasteiger charge is -2.34. The van der Waals surface area contributed by atoms with E-state index < -0.39 is 0 Å². The van der Waals surface area contributed by atoms with Gasteiger partial charge < -0.3 is 19.8 Å². The van der Waals surface area contributed by atoms with E-state index in [1.165, 1.54) is 4.88 Å². The highest BCUT2D eigenvalue weighted by atomic mass is 32.1. The summed E-state index contributed by atoms with van der Waals surface area (Å²) in [5.74, 6) is 1.40. The molecule has 1 fully saturated rings. The highest BCUT2D eigenvalue weighted by molar-refractivity contribution is 7.10. The molecule has 1 aliphatic heterocycles. The highest BCUT2D eigenvalue weighted by Crippen LogP contribution is 2.25. The van der Waals surface area contributed by atoms with Gasteiger partial charge in [-0.25, -0.2) is 9.98 Å². The predicted molar refractivity (Wildman–Crippen MR) is 124 cm³/mol. The fourth-order valence-corrected chi connectivity index (χ4v) is 4.43. The van der Waals surface area contributed by atoms with Crippen molar-refractivity contribution in [3.05, 3.63) is 64.7 Å². The lowest BCUT2D eigenvalue weighted by molar-refractivity contribution is 0.0177. The van der Waals surface area contributed by atoms with Gasteiger partial charge in [0.2, 0.25) is 5.89 Å². The molecule has 3 heterocycles. The molecule has 0 amide bonds. The fourth-order valence-electron chi connectivity index (χ4n) is 3.57. The van der Waals surface area contributed by atoms with Crippen LogP contribution in [0.3, 0.4) is 0 Å². The molecule has 8 heteroatoms. The molecule has 7 nitrogen and oxygen atoms in total. The molecule has 0 radical (unpaired) electrons. The fraction of sp³-hybridized carbons (Fsp3) is 0.391. The van der Waals surface area contributed by atoms with Gasteiger partial charge >= 0.3 is 0 Å². The summed E-state index contributed by atoms with van der Waals surface area (Å²) >= 11 is 1.80. The van der Waals surface area contributed by atoms with Crippen molar-refractivity contribution in [2.45, 2.75) is 19.5 Å². The molecule has 1 saturated heterocycles. The monoisotopic (exact) mass is 439 g/mol. The smallest absolute Gasteiger partial charge is 0.226 e. The number of hydrogen-bond donors (Lipinski definition) is 2. The normalized spacial score (nSPS) is 16.2. The first-order valence-electron chi connectivity index (χ1n) is 10.7. The van der Waals surface area contributed by atoms with Crippen LogP contribution in [0, 0.1) is 0 Å². The Balaban J connectivity index is 1.40. The minimum atomic E-state index is 0.296. The molecule has 2 N–H and O–H groups in total. The second-order valence-electron chi connectivity index (χ2n) is 7.27. The third-order valence-electron chi connectivity index (χ3n) is 5.14. The molecule has 0 aliphatic carbocycles. The molecule has 1 unspecified atom stereocenters. The maximum absolute atomic E-state index is 5.63. The van der Waals surface area contributed by atoms with E-state index in [2.05, 4.69) is 45.0 Å². The van der Waals surface area contributed by atoms with E-state index in [9.17, 15) is 0 Å². The van der Waals surface area contributed by atoms with Gasteiger partial charge in [-0.1, -0.05) is 24.3 Å². The zero-order valence-electron chi connectivity index (χ0n) is 17.8. The number of ether oxygens (including phenoxy) is 1. The van der Waals surface area contributed by atoms with Gasteiger partial charge in [-0.2, -0.15) is 0 Å². The van der Waals surface area contributed by atoms with E-state index in [-0.39, 0.29) is 0 Å². The van der Waals surface area contributed by atoms with Gasteiger partial charge in [0.05, 0.1) is 25.8 Å². The van der Waals surface area contributed by atoms with Gasteiger partial charge in [0, 0.05) is 36.6 Å². The van der Waals surface area contributed by atoms with Crippen LogP contribution in [-0.4, -0.2) is 55.2 Å². The quantitative estimate of drug-likeness (QED) is 0.413. The number of hydrogen-bond acceptors (Lipinski definition) is 6. The van der Waals surface area contributed by atoms with E-state index in [0.717, 1.165) is 56.6 Å². The SMILES string of the molecule is CCNC(=NCc1coc(-c2ccccc2)n1)NCC(c1cccs1)N1CCOCC1. The number of benzene rings is 1. The van der Waals surface area contributed by atoms with Gasteiger partial charge in [-0.3, -0.25) is 4.90 Å². The summed E-state index contributed by atoms with van der Waals surface area (Å²) in [5.41, 5.74) is 1.77. The van der Waals surface area contributed by atoms with Crippen molar-refractivity contribution in [3.8, 4) is 11.5 Å². The second-order valence-corrected chi connectivity index (χ2v) is 8.24. The summed E-state index contributed by atoms with van der Waals surface area (Å²) in [5, 5.41) is 8.99. The van der Waals surface area contributed by atoms with Crippen LogP contribution in [0.25, 0.3) is 11.5 Å². The lowest BCUT2D eigenvalue weighted by atomic mass is 10.2. The summed E-state index contributed by atoms with van der Waals surface area (Å²) in [6.07, 6.45) is 1.68. The van der Waals surface area contributed by atoms with E-state index in [1.54, 1.807) is 17.6 Å². The summed E-state index contributed by atoms with van der Waals surface area (Å²) < 4.78 is 11.2. The van der Waals surface area contributed by atoms with Crippen LogP contribution in [0.2, 0.25) is 0 Å². The number of aromatic nitrogens is 1. The first-order valence-corrected chi connectivity index (χ1v) is 11.6. The van der Waals surface area contributed by atoms with Crippen molar-refractivity contribution in [1.82, 2.24) is 20.5 Å². The van der Waals surface area contributed by atoms with E-state index in [0.29, 0.717) is 18.5 Å². The van der Waals surface area contributed by atoms with Crippen molar-refractivity contribution < 1.29 is 9.15 Å². The number of rotatable bonds is 8. The summed E-state index contributed by atoms with van der Waals surface area (Å²) in [7, 11) is 0. The highest BCUT2D eigenvalue weighted by Gasteiger charge is 2.23. The number of thiophene rings is 1. The van der Waals surface area contributed by atoms with Crippen LogP contribution in [-0.2, 0) is 11.3 Å². The Morgan fingerprint density at radius 3 is 2.74 bits per heavy atom. The standard InChI is InChI=1S/C23H29N5O2S/c1-2-24-23(25-15-19-17-30-22(27-19)18-7-4-3-5-8-18)26-16-20(21-9-6-14-31-21)28-10-12-29-13-11-28/h3-9,14,17,20H,2,10-13,15-16H2,1H3,(H2,24,25,26). The number of aliphatic imine (C=N–C) groups is 1. The average Bonchev–Trinajstić information content (AvgIpc) is 3.52. The minimum absolute atomic E-state index is 0.296. The van der Waals surface area contributed by atoms with Gasteiger partial charge in [-0.05, 0) is 30.5 Å². The van der Waals surface area contributed by atoms with Crippen LogP contribution in [0.5, 0.6) is 0 Å².